The number of benzene rings is 1. The van der Waals surface area contributed by atoms with Gasteiger partial charge in [-0.1, -0.05) is 17.7 Å². The summed E-state index contributed by atoms with van der Waals surface area (Å²) < 4.78 is 5.19. The quantitative estimate of drug-likeness (QED) is 0.735. The van der Waals surface area contributed by atoms with Gasteiger partial charge in [-0.3, -0.25) is 0 Å². The van der Waals surface area contributed by atoms with Crippen molar-refractivity contribution in [2.45, 2.75) is 13.5 Å². The summed E-state index contributed by atoms with van der Waals surface area (Å²) in [7, 11) is 0. The minimum atomic E-state index is 0.120. The van der Waals surface area contributed by atoms with Gasteiger partial charge in [0, 0.05) is 19.7 Å². The average molecular weight is 230 g/mol. The van der Waals surface area contributed by atoms with E-state index in [1.807, 2.05) is 13.0 Å². The van der Waals surface area contributed by atoms with Crippen molar-refractivity contribution in [3.8, 4) is 5.75 Å². The molecule has 0 unspecified atom stereocenters. The van der Waals surface area contributed by atoms with Crippen molar-refractivity contribution in [3.63, 3.8) is 0 Å². The summed E-state index contributed by atoms with van der Waals surface area (Å²) in [4.78, 5) is 0. The Bertz CT molecular complexity index is 305. The van der Waals surface area contributed by atoms with Crippen molar-refractivity contribution in [1.82, 2.24) is 5.32 Å². The third kappa shape index (κ3) is 4.51. The highest BCUT2D eigenvalue weighted by atomic mass is 35.5. The number of aromatic hydroxyl groups is 1. The van der Waals surface area contributed by atoms with E-state index >= 15 is 0 Å². The average Bonchev–Trinajstić information content (AvgIpc) is 2.23. The normalized spacial score (nSPS) is 10.5. The first kappa shape index (κ1) is 12.3. The molecule has 0 aliphatic carbocycles. The summed E-state index contributed by atoms with van der Waals surface area (Å²) in [5, 5.41) is 12.8. The van der Waals surface area contributed by atoms with Crippen LogP contribution in [0.25, 0.3) is 0 Å². The Balaban J connectivity index is 2.28. The number of hydrogen-bond acceptors (Lipinski definition) is 3. The summed E-state index contributed by atoms with van der Waals surface area (Å²) >= 11 is 5.77. The highest BCUT2D eigenvalue weighted by Crippen LogP contribution is 2.23. The summed E-state index contributed by atoms with van der Waals surface area (Å²) in [5.74, 6) is 0.120. The second-order valence-corrected chi connectivity index (χ2v) is 3.57. The van der Waals surface area contributed by atoms with Gasteiger partial charge in [-0.2, -0.15) is 0 Å². The second kappa shape index (κ2) is 6.67. The number of nitrogens with one attached hydrogen (secondary N) is 1. The van der Waals surface area contributed by atoms with Crippen LogP contribution in [0.2, 0.25) is 5.02 Å². The van der Waals surface area contributed by atoms with Crippen molar-refractivity contribution >= 4 is 11.6 Å². The molecule has 15 heavy (non-hydrogen) atoms. The highest BCUT2D eigenvalue weighted by Gasteiger charge is 1.99. The number of halogens is 1. The molecule has 3 nitrogen and oxygen atoms in total. The Kier molecular flexibility index (Phi) is 5.47. The molecule has 1 aromatic carbocycles. The van der Waals surface area contributed by atoms with Gasteiger partial charge in [0.25, 0.3) is 0 Å². The van der Waals surface area contributed by atoms with Crippen molar-refractivity contribution in [3.05, 3.63) is 28.8 Å². The fourth-order valence-electron chi connectivity index (χ4n) is 1.18. The maximum atomic E-state index is 9.21. The Morgan fingerprint density at radius 2 is 2.27 bits per heavy atom. The van der Waals surface area contributed by atoms with E-state index in [9.17, 15) is 5.11 Å². The molecule has 0 aromatic heterocycles. The molecule has 1 rings (SSSR count). The van der Waals surface area contributed by atoms with Crippen LogP contribution >= 0.6 is 11.6 Å². The SMILES string of the molecule is CCOCCNCc1ccc(O)c(Cl)c1. The van der Waals surface area contributed by atoms with Crippen molar-refractivity contribution in [2.24, 2.45) is 0 Å². The lowest BCUT2D eigenvalue weighted by Gasteiger charge is -2.06. The van der Waals surface area contributed by atoms with Crippen LogP contribution in [0, 0.1) is 0 Å². The number of ether oxygens (including phenoxy) is 1. The smallest absolute Gasteiger partial charge is 0.134 e. The van der Waals surface area contributed by atoms with E-state index in [1.165, 1.54) is 0 Å². The lowest BCUT2D eigenvalue weighted by Crippen LogP contribution is -2.19. The highest BCUT2D eigenvalue weighted by molar-refractivity contribution is 6.32. The summed E-state index contributed by atoms with van der Waals surface area (Å²) in [6, 6.07) is 5.20. The molecule has 0 bridgehead atoms. The molecule has 1 aromatic rings. The zero-order valence-corrected chi connectivity index (χ0v) is 9.55. The Morgan fingerprint density at radius 3 is 2.93 bits per heavy atom. The molecule has 0 heterocycles. The van der Waals surface area contributed by atoms with Crippen LogP contribution in [0.1, 0.15) is 12.5 Å². The van der Waals surface area contributed by atoms with E-state index in [4.69, 9.17) is 16.3 Å². The number of phenolic OH excluding ortho intramolecular Hbond substituents is 1. The molecule has 0 aliphatic heterocycles. The third-order valence-electron chi connectivity index (χ3n) is 1.97. The van der Waals surface area contributed by atoms with Crippen molar-refractivity contribution in [2.75, 3.05) is 19.8 Å². The Labute approximate surface area is 95.0 Å². The Morgan fingerprint density at radius 1 is 1.47 bits per heavy atom. The van der Waals surface area contributed by atoms with Crippen LogP contribution in [0.15, 0.2) is 18.2 Å². The van der Waals surface area contributed by atoms with Gasteiger partial charge in [0.05, 0.1) is 11.6 Å². The standard InChI is InChI=1S/C11H16ClNO2/c1-2-15-6-5-13-8-9-3-4-11(14)10(12)7-9/h3-4,7,13-14H,2,5-6,8H2,1H3. The molecule has 2 N–H and O–H groups in total. The zero-order valence-electron chi connectivity index (χ0n) is 8.79. The lowest BCUT2D eigenvalue weighted by atomic mass is 10.2. The molecule has 0 radical (unpaired) electrons. The summed E-state index contributed by atoms with van der Waals surface area (Å²) in [6.45, 7) is 4.97. The number of rotatable bonds is 6. The van der Waals surface area contributed by atoms with Gasteiger partial charge in [-0.15, -0.1) is 0 Å². The first-order chi connectivity index (χ1) is 7.24. The molecule has 4 heteroatoms. The molecule has 84 valence electrons. The molecule has 0 saturated carbocycles. The van der Waals surface area contributed by atoms with Gasteiger partial charge < -0.3 is 15.2 Å². The van der Waals surface area contributed by atoms with E-state index in [1.54, 1.807) is 12.1 Å². The third-order valence-corrected chi connectivity index (χ3v) is 2.27. The fraction of sp³-hybridized carbons (Fsp3) is 0.455. The van der Waals surface area contributed by atoms with E-state index in [0.29, 0.717) is 11.6 Å². The van der Waals surface area contributed by atoms with E-state index < -0.39 is 0 Å². The minimum absolute atomic E-state index is 0.120. The van der Waals surface area contributed by atoms with Crippen LogP contribution in [0.3, 0.4) is 0 Å². The molecule has 0 saturated heterocycles. The van der Waals surface area contributed by atoms with Crippen molar-refractivity contribution < 1.29 is 9.84 Å². The molecule has 0 aliphatic rings. The van der Waals surface area contributed by atoms with Gasteiger partial charge in [-0.25, -0.2) is 0 Å². The first-order valence-electron chi connectivity index (χ1n) is 5.00. The van der Waals surface area contributed by atoms with Crippen LogP contribution in [0.4, 0.5) is 0 Å². The van der Waals surface area contributed by atoms with E-state index in [0.717, 1.165) is 25.3 Å². The number of hydrogen-bond donors (Lipinski definition) is 2. The zero-order chi connectivity index (χ0) is 11.1. The molecular weight excluding hydrogens is 214 g/mol. The predicted molar refractivity (Wildman–Crippen MR) is 61.3 cm³/mol. The Hall–Kier alpha value is -0.770. The molecule has 0 atom stereocenters. The topological polar surface area (TPSA) is 41.5 Å². The van der Waals surface area contributed by atoms with Gasteiger partial charge in [-0.05, 0) is 24.6 Å². The summed E-state index contributed by atoms with van der Waals surface area (Å²) in [6.07, 6.45) is 0. The van der Waals surface area contributed by atoms with Gasteiger partial charge >= 0.3 is 0 Å². The van der Waals surface area contributed by atoms with E-state index in [2.05, 4.69) is 5.32 Å². The number of phenols is 1. The molecule has 0 spiro atoms. The predicted octanol–water partition coefficient (Wildman–Crippen LogP) is 2.17. The molecular formula is C11H16ClNO2. The maximum Gasteiger partial charge on any atom is 0.134 e. The first-order valence-corrected chi connectivity index (χ1v) is 5.37. The van der Waals surface area contributed by atoms with Gasteiger partial charge in [0.1, 0.15) is 5.75 Å². The van der Waals surface area contributed by atoms with E-state index in [-0.39, 0.29) is 5.75 Å². The second-order valence-electron chi connectivity index (χ2n) is 3.16. The van der Waals surface area contributed by atoms with Gasteiger partial charge in [0.15, 0.2) is 0 Å². The van der Waals surface area contributed by atoms with Crippen molar-refractivity contribution in [1.29, 1.82) is 0 Å². The monoisotopic (exact) mass is 229 g/mol. The summed E-state index contributed by atoms with van der Waals surface area (Å²) in [5.41, 5.74) is 1.05. The van der Waals surface area contributed by atoms with Crippen LogP contribution < -0.4 is 5.32 Å². The largest absolute Gasteiger partial charge is 0.506 e. The van der Waals surface area contributed by atoms with Gasteiger partial charge in [0.2, 0.25) is 0 Å². The van der Waals surface area contributed by atoms with Crippen LogP contribution in [0.5, 0.6) is 5.75 Å². The fourth-order valence-corrected chi connectivity index (χ4v) is 1.38. The molecule has 0 fully saturated rings. The molecule has 0 amide bonds. The van der Waals surface area contributed by atoms with Crippen LogP contribution in [-0.4, -0.2) is 24.9 Å². The minimum Gasteiger partial charge on any atom is -0.506 e. The lowest BCUT2D eigenvalue weighted by molar-refractivity contribution is 0.149. The maximum absolute atomic E-state index is 9.21. The van der Waals surface area contributed by atoms with Crippen LogP contribution in [-0.2, 0) is 11.3 Å².